The van der Waals surface area contributed by atoms with E-state index >= 15 is 0 Å². The standard InChI is InChI=1S/C17H27NO/c1-4-18-13-17(7-9-19-10-8-17)12-16-6-5-14(2)15(3)11-16/h5-6,11,18H,4,7-10,12-13H2,1-3H3. The van der Waals surface area contributed by atoms with Crippen LogP contribution in [0.15, 0.2) is 18.2 Å². The molecule has 2 rings (SSSR count). The molecule has 19 heavy (non-hydrogen) atoms. The van der Waals surface area contributed by atoms with Crippen molar-refractivity contribution in [3.8, 4) is 0 Å². The first-order chi connectivity index (χ1) is 9.15. The molecule has 0 amide bonds. The molecule has 0 aromatic heterocycles. The topological polar surface area (TPSA) is 21.3 Å². The summed E-state index contributed by atoms with van der Waals surface area (Å²) in [6.07, 6.45) is 3.52. The Kier molecular flexibility index (Phi) is 5.00. The lowest BCUT2D eigenvalue weighted by Gasteiger charge is -2.37. The maximum Gasteiger partial charge on any atom is 0.0471 e. The van der Waals surface area contributed by atoms with Crippen LogP contribution in [0.3, 0.4) is 0 Å². The Bertz CT molecular complexity index is 408. The largest absolute Gasteiger partial charge is 0.381 e. The van der Waals surface area contributed by atoms with Gasteiger partial charge in [-0.3, -0.25) is 0 Å². The Labute approximate surface area is 117 Å². The summed E-state index contributed by atoms with van der Waals surface area (Å²) in [5.74, 6) is 0. The molecular weight excluding hydrogens is 234 g/mol. The summed E-state index contributed by atoms with van der Waals surface area (Å²) < 4.78 is 5.56. The Morgan fingerprint density at radius 3 is 2.53 bits per heavy atom. The van der Waals surface area contributed by atoms with Crippen LogP contribution in [0.2, 0.25) is 0 Å². The predicted molar refractivity (Wildman–Crippen MR) is 80.6 cm³/mol. The van der Waals surface area contributed by atoms with E-state index in [2.05, 4.69) is 44.3 Å². The monoisotopic (exact) mass is 261 g/mol. The Morgan fingerprint density at radius 2 is 1.89 bits per heavy atom. The first kappa shape index (κ1) is 14.5. The summed E-state index contributed by atoms with van der Waals surface area (Å²) in [5.41, 5.74) is 4.65. The third-order valence-electron chi connectivity index (χ3n) is 4.45. The van der Waals surface area contributed by atoms with Gasteiger partial charge in [0.1, 0.15) is 0 Å². The van der Waals surface area contributed by atoms with Crippen molar-refractivity contribution in [2.24, 2.45) is 5.41 Å². The van der Waals surface area contributed by atoms with Crippen LogP contribution in [-0.4, -0.2) is 26.3 Å². The second-order valence-corrected chi connectivity index (χ2v) is 5.99. The molecule has 1 aliphatic heterocycles. The molecule has 1 heterocycles. The molecular formula is C17H27NO. The highest BCUT2D eigenvalue weighted by Gasteiger charge is 2.32. The molecule has 0 spiro atoms. The van der Waals surface area contributed by atoms with Crippen LogP contribution in [0, 0.1) is 19.3 Å². The van der Waals surface area contributed by atoms with Gasteiger partial charge in [0.05, 0.1) is 0 Å². The van der Waals surface area contributed by atoms with E-state index in [-0.39, 0.29) is 0 Å². The molecule has 1 aromatic rings. The van der Waals surface area contributed by atoms with Gasteiger partial charge in [0.2, 0.25) is 0 Å². The number of ether oxygens (including phenoxy) is 1. The number of hydrogen-bond acceptors (Lipinski definition) is 2. The average molecular weight is 261 g/mol. The average Bonchev–Trinajstić information content (AvgIpc) is 2.42. The zero-order valence-electron chi connectivity index (χ0n) is 12.6. The molecule has 0 radical (unpaired) electrons. The Hall–Kier alpha value is -0.860. The summed E-state index contributed by atoms with van der Waals surface area (Å²) in [5, 5.41) is 3.55. The van der Waals surface area contributed by atoms with Crippen LogP contribution in [0.5, 0.6) is 0 Å². The van der Waals surface area contributed by atoms with Gasteiger partial charge in [-0.15, -0.1) is 0 Å². The molecule has 1 fully saturated rings. The van der Waals surface area contributed by atoms with Crippen molar-refractivity contribution in [1.29, 1.82) is 0 Å². The van der Waals surface area contributed by atoms with Crippen molar-refractivity contribution in [1.82, 2.24) is 5.32 Å². The molecule has 0 bridgehead atoms. The molecule has 0 aliphatic carbocycles. The highest BCUT2D eigenvalue weighted by atomic mass is 16.5. The van der Waals surface area contributed by atoms with Crippen LogP contribution >= 0.6 is 0 Å². The quantitative estimate of drug-likeness (QED) is 0.878. The first-order valence-electron chi connectivity index (χ1n) is 7.50. The van der Waals surface area contributed by atoms with E-state index in [0.29, 0.717) is 5.41 Å². The van der Waals surface area contributed by atoms with E-state index in [0.717, 1.165) is 26.3 Å². The fourth-order valence-corrected chi connectivity index (χ4v) is 2.96. The van der Waals surface area contributed by atoms with Crippen molar-refractivity contribution in [3.05, 3.63) is 34.9 Å². The minimum Gasteiger partial charge on any atom is -0.381 e. The van der Waals surface area contributed by atoms with Gasteiger partial charge >= 0.3 is 0 Å². The fourth-order valence-electron chi connectivity index (χ4n) is 2.96. The molecule has 0 atom stereocenters. The van der Waals surface area contributed by atoms with Gasteiger partial charge in [0.15, 0.2) is 0 Å². The molecule has 106 valence electrons. The van der Waals surface area contributed by atoms with Crippen molar-refractivity contribution in [2.75, 3.05) is 26.3 Å². The summed E-state index contributed by atoms with van der Waals surface area (Å²) >= 11 is 0. The van der Waals surface area contributed by atoms with Gasteiger partial charge in [-0.1, -0.05) is 25.1 Å². The van der Waals surface area contributed by atoms with Crippen molar-refractivity contribution in [3.63, 3.8) is 0 Å². The number of nitrogens with one attached hydrogen (secondary N) is 1. The maximum absolute atomic E-state index is 5.56. The molecule has 2 heteroatoms. The molecule has 0 unspecified atom stereocenters. The lowest BCUT2D eigenvalue weighted by atomic mass is 9.75. The second kappa shape index (κ2) is 6.53. The van der Waals surface area contributed by atoms with Crippen LogP contribution in [0.25, 0.3) is 0 Å². The SMILES string of the molecule is CCNCC1(Cc2ccc(C)c(C)c2)CCOCC1. The van der Waals surface area contributed by atoms with Crippen molar-refractivity contribution < 1.29 is 4.74 Å². The normalized spacial score (nSPS) is 18.5. The first-order valence-corrected chi connectivity index (χ1v) is 7.50. The zero-order valence-corrected chi connectivity index (χ0v) is 12.6. The smallest absolute Gasteiger partial charge is 0.0471 e. The number of hydrogen-bond donors (Lipinski definition) is 1. The minimum absolute atomic E-state index is 0.385. The third-order valence-corrected chi connectivity index (χ3v) is 4.45. The van der Waals surface area contributed by atoms with Crippen molar-refractivity contribution in [2.45, 2.75) is 40.0 Å². The van der Waals surface area contributed by atoms with Crippen LogP contribution in [0.4, 0.5) is 0 Å². The predicted octanol–water partition coefficient (Wildman–Crippen LogP) is 3.25. The number of aryl methyl sites for hydroxylation is 2. The highest BCUT2D eigenvalue weighted by Crippen LogP contribution is 2.34. The lowest BCUT2D eigenvalue weighted by molar-refractivity contribution is 0.0152. The number of rotatable bonds is 5. The van der Waals surface area contributed by atoms with Crippen LogP contribution in [-0.2, 0) is 11.2 Å². The molecule has 1 N–H and O–H groups in total. The van der Waals surface area contributed by atoms with E-state index < -0.39 is 0 Å². The molecule has 1 aliphatic rings. The molecule has 1 saturated heterocycles. The van der Waals surface area contributed by atoms with E-state index in [1.165, 1.54) is 36.0 Å². The molecule has 2 nitrogen and oxygen atoms in total. The summed E-state index contributed by atoms with van der Waals surface area (Å²) in [6.45, 7) is 10.6. The summed E-state index contributed by atoms with van der Waals surface area (Å²) in [4.78, 5) is 0. The summed E-state index contributed by atoms with van der Waals surface area (Å²) in [7, 11) is 0. The van der Waals surface area contributed by atoms with Crippen LogP contribution < -0.4 is 5.32 Å². The molecule has 1 aromatic carbocycles. The highest BCUT2D eigenvalue weighted by molar-refractivity contribution is 5.30. The Balaban J connectivity index is 2.12. The maximum atomic E-state index is 5.56. The Morgan fingerprint density at radius 1 is 1.16 bits per heavy atom. The zero-order chi connectivity index (χ0) is 13.7. The van der Waals surface area contributed by atoms with Gasteiger partial charge in [-0.2, -0.15) is 0 Å². The second-order valence-electron chi connectivity index (χ2n) is 5.99. The van der Waals surface area contributed by atoms with Gasteiger partial charge in [-0.05, 0) is 61.8 Å². The minimum atomic E-state index is 0.385. The lowest BCUT2D eigenvalue weighted by Crippen LogP contribution is -2.40. The third kappa shape index (κ3) is 3.80. The summed E-state index contributed by atoms with van der Waals surface area (Å²) in [6, 6.07) is 6.91. The van der Waals surface area contributed by atoms with Gasteiger partial charge < -0.3 is 10.1 Å². The van der Waals surface area contributed by atoms with E-state index in [1.54, 1.807) is 0 Å². The molecule has 0 saturated carbocycles. The van der Waals surface area contributed by atoms with E-state index in [9.17, 15) is 0 Å². The van der Waals surface area contributed by atoms with Crippen LogP contribution in [0.1, 0.15) is 36.5 Å². The van der Waals surface area contributed by atoms with Gasteiger partial charge in [0.25, 0.3) is 0 Å². The number of benzene rings is 1. The van der Waals surface area contributed by atoms with Gasteiger partial charge in [0, 0.05) is 19.8 Å². The fraction of sp³-hybridized carbons (Fsp3) is 0.647. The van der Waals surface area contributed by atoms with E-state index in [4.69, 9.17) is 4.74 Å². The van der Waals surface area contributed by atoms with Gasteiger partial charge in [-0.25, -0.2) is 0 Å². The van der Waals surface area contributed by atoms with Crippen molar-refractivity contribution >= 4 is 0 Å². The van der Waals surface area contributed by atoms with E-state index in [1.807, 2.05) is 0 Å².